The molecule has 0 bridgehead atoms. The molecule has 94 valence electrons. The number of hydrogen-bond donors (Lipinski definition) is 1. The summed E-state index contributed by atoms with van der Waals surface area (Å²) >= 11 is 0. The lowest BCUT2D eigenvalue weighted by molar-refractivity contribution is 0.0720. The number of carbonyl (C=O) groups is 1. The summed E-state index contributed by atoms with van der Waals surface area (Å²) in [6.07, 6.45) is 0.899. The maximum Gasteiger partial charge on any atom is 0.254 e. The number of hydrogen-bond acceptors (Lipinski definition) is 2. The zero-order valence-corrected chi connectivity index (χ0v) is 10.9. The average molecular weight is 235 g/mol. The van der Waals surface area contributed by atoms with Crippen LogP contribution in [0.3, 0.4) is 0 Å². The van der Waals surface area contributed by atoms with Crippen LogP contribution in [0.5, 0.6) is 0 Å². The fourth-order valence-electron chi connectivity index (χ4n) is 2.02. The highest BCUT2D eigenvalue weighted by Crippen LogP contribution is 2.16. The quantitative estimate of drug-likeness (QED) is 0.849. The molecule has 3 heteroatoms. The van der Waals surface area contributed by atoms with Crippen molar-refractivity contribution in [1.29, 1.82) is 0 Å². The minimum atomic E-state index is 0.0106. The predicted molar refractivity (Wildman–Crippen MR) is 69.2 cm³/mol. The Morgan fingerprint density at radius 1 is 1.24 bits per heavy atom. The molecule has 17 heavy (non-hydrogen) atoms. The van der Waals surface area contributed by atoms with Gasteiger partial charge in [0.05, 0.1) is 6.61 Å². The molecule has 0 aliphatic heterocycles. The summed E-state index contributed by atoms with van der Waals surface area (Å²) in [5, 5.41) is 9.00. The SMILES string of the molecule is CCCN(CCO)C(=O)c1c(C)cccc1C. The van der Waals surface area contributed by atoms with Gasteiger partial charge in [-0.2, -0.15) is 0 Å². The van der Waals surface area contributed by atoms with Crippen molar-refractivity contribution >= 4 is 5.91 Å². The third-order valence-corrected chi connectivity index (χ3v) is 2.85. The van der Waals surface area contributed by atoms with Gasteiger partial charge in [0, 0.05) is 18.7 Å². The van der Waals surface area contributed by atoms with Gasteiger partial charge in [0.15, 0.2) is 0 Å². The molecule has 3 nitrogen and oxygen atoms in total. The van der Waals surface area contributed by atoms with E-state index in [1.54, 1.807) is 4.90 Å². The summed E-state index contributed by atoms with van der Waals surface area (Å²) in [6, 6.07) is 5.85. The molecule has 1 amide bonds. The van der Waals surface area contributed by atoms with Gasteiger partial charge in [0.2, 0.25) is 0 Å². The van der Waals surface area contributed by atoms with Crippen LogP contribution in [0.1, 0.15) is 34.8 Å². The van der Waals surface area contributed by atoms with E-state index in [9.17, 15) is 4.79 Å². The topological polar surface area (TPSA) is 40.5 Å². The van der Waals surface area contributed by atoms with Crippen molar-refractivity contribution in [2.24, 2.45) is 0 Å². The molecule has 0 fully saturated rings. The van der Waals surface area contributed by atoms with Gasteiger partial charge < -0.3 is 10.0 Å². The highest BCUT2D eigenvalue weighted by Gasteiger charge is 2.18. The Kier molecular flexibility index (Phi) is 5.16. The van der Waals surface area contributed by atoms with Crippen LogP contribution in [-0.4, -0.2) is 35.6 Å². The molecule has 0 saturated heterocycles. The first-order chi connectivity index (χ1) is 8.11. The summed E-state index contributed by atoms with van der Waals surface area (Å²) in [5.74, 6) is 0.0245. The molecule has 0 aliphatic rings. The Balaban J connectivity index is 3.00. The van der Waals surface area contributed by atoms with Crippen LogP contribution >= 0.6 is 0 Å². The number of rotatable bonds is 5. The van der Waals surface area contributed by atoms with Gasteiger partial charge in [-0.3, -0.25) is 4.79 Å². The highest BCUT2D eigenvalue weighted by molar-refractivity contribution is 5.97. The lowest BCUT2D eigenvalue weighted by Gasteiger charge is -2.23. The zero-order valence-electron chi connectivity index (χ0n) is 10.9. The summed E-state index contributed by atoms with van der Waals surface area (Å²) < 4.78 is 0. The Bertz CT molecular complexity index is 362. The van der Waals surface area contributed by atoms with Gasteiger partial charge in [-0.15, -0.1) is 0 Å². The number of carbonyl (C=O) groups excluding carboxylic acids is 1. The van der Waals surface area contributed by atoms with E-state index in [2.05, 4.69) is 0 Å². The molecule has 0 unspecified atom stereocenters. The first kappa shape index (κ1) is 13.7. The number of amides is 1. The molecule has 0 aromatic heterocycles. The number of aliphatic hydroxyl groups excluding tert-OH is 1. The van der Waals surface area contributed by atoms with Gasteiger partial charge in [0.1, 0.15) is 0 Å². The molecule has 0 heterocycles. The molecule has 0 radical (unpaired) electrons. The van der Waals surface area contributed by atoms with E-state index >= 15 is 0 Å². The molecule has 0 atom stereocenters. The van der Waals surface area contributed by atoms with E-state index in [-0.39, 0.29) is 12.5 Å². The Morgan fingerprint density at radius 3 is 2.29 bits per heavy atom. The molecule has 1 aromatic carbocycles. The van der Waals surface area contributed by atoms with Crippen LogP contribution in [0, 0.1) is 13.8 Å². The van der Waals surface area contributed by atoms with Gasteiger partial charge >= 0.3 is 0 Å². The molecule has 1 N–H and O–H groups in total. The monoisotopic (exact) mass is 235 g/mol. The second kappa shape index (κ2) is 6.40. The fraction of sp³-hybridized carbons (Fsp3) is 0.500. The first-order valence-electron chi connectivity index (χ1n) is 6.08. The Labute approximate surface area is 103 Å². The summed E-state index contributed by atoms with van der Waals surface area (Å²) in [4.78, 5) is 14.1. The third-order valence-electron chi connectivity index (χ3n) is 2.85. The van der Waals surface area contributed by atoms with E-state index in [0.29, 0.717) is 13.1 Å². The zero-order chi connectivity index (χ0) is 12.8. The van der Waals surface area contributed by atoms with Crippen molar-refractivity contribution in [2.45, 2.75) is 27.2 Å². The van der Waals surface area contributed by atoms with Crippen LogP contribution in [0.4, 0.5) is 0 Å². The second-order valence-electron chi connectivity index (χ2n) is 4.28. The molecule has 0 aliphatic carbocycles. The predicted octanol–water partition coefficient (Wildman–Crippen LogP) is 2.15. The maximum atomic E-state index is 12.4. The molecule has 0 spiro atoms. The van der Waals surface area contributed by atoms with Crippen molar-refractivity contribution < 1.29 is 9.90 Å². The Hall–Kier alpha value is -1.35. The number of nitrogens with zero attached hydrogens (tertiary/aromatic N) is 1. The average Bonchev–Trinajstić information content (AvgIpc) is 2.28. The van der Waals surface area contributed by atoms with Crippen LogP contribution in [0.25, 0.3) is 0 Å². The van der Waals surface area contributed by atoms with Crippen LogP contribution in [0.15, 0.2) is 18.2 Å². The second-order valence-corrected chi connectivity index (χ2v) is 4.28. The Morgan fingerprint density at radius 2 is 1.82 bits per heavy atom. The van der Waals surface area contributed by atoms with Crippen LogP contribution < -0.4 is 0 Å². The van der Waals surface area contributed by atoms with Crippen molar-refractivity contribution in [2.75, 3.05) is 19.7 Å². The normalized spacial score (nSPS) is 10.4. The van der Waals surface area contributed by atoms with Crippen molar-refractivity contribution in [3.8, 4) is 0 Å². The maximum absolute atomic E-state index is 12.4. The van der Waals surface area contributed by atoms with Crippen LogP contribution in [0.2, 0.25) is 0 Å². The first-order valence-corrected chi connectivity index (χ1v) is 6.08. The molecular weight excluding hydrogens is 214 g/mol. The summed E-state index contributed by atoms with van der Waals surface area (Å²) in [6.45, 7) is 7.03. The van der Waals surface area contributed by atoms with Gasteiger partial charge in [0.25, 0.3) is 5.91 Å². The van der Waals surface area contributed by atoms with Crippen LogP contribution in [-0.2, 0) is 0 Å². The molecular formula is C14H21NO2. The molecule has 0 saturated carbocycles. The molecule has 1 rings (SSSR count). The van der Waals surface area contributed by atoms with E-state index < -0.39 is 0 Å². The lowest BCUT2D eigenvalue weighted by atomic mass is 10.0. The fourth-order valence-corrected chi connectivity index (χ4v) is 2.02. The third kappa shape index (κ3) is 3.30. The van der Waals surface area contributed by atoms with Gasteiger partial charge in [-0.25, -0.2) is 0 Å². The minimum Gasteiger partial charge on any atom is -0.395 e. The van der Waals surface area contributed by atoms with E-state index in [4.69, 9.17) is 5.11 Å². The van der Waals surface area contributed by atoms with E-state index in [0.717, 1.165) is 23.1 Å². The molecule has 1 aromatic rings. The number of aliphatic hydroxyl groups is 1. The lowest BCUT2D eigenvalue weighted by Crippen LogP contribution is -2.35. The van der Waals surface area contributed by atoms with Gasteiger partial charge in [-0.05, 0) is 31.4 Å². The van der Waals surface area contributed by atoms with E-state index in [1.165, 1.54) is 0 Å². The smallest absolute Gasteiger partial charge is 0.254 e. The van der Waals surface area contributed by atoms with Gasteiger partial charge in [-0.1, -0.05) is 25.1 Å². The summed E-state index contributed by atoms with van der Waals surface area (Å²) in [7, 11) is 0. The number of benzene rings is 1. The number of aryl methyl sites for hydroxylation is 2. The largest absolute Gasteiger partial charge is 0.395 e. The standard InChI is InChI=1S/C14H21NO2/c1-4-8-15(9-10-16)14(17)13-11(2)6-5-7-12(13)3/h5-7,16H,4,8-10H2,1-3H3. The van der Waals surface area contributed by atoms with E-state index in [1.807, 2.05) is 39.0 Å². The van der Waals surface area contributed by atoms with Crippen molar-refractivity contribution in [1.82, 2.24) is 4.90 Å². The summed E-state index contributed by atoms with van der Waals surface area (Å²) in [5.41, 5.74) is 2.76. The highest BCUT2D eigenvalue weighted by atomic mass is 16.3. The van der Waals surface area contributed by atoms with Crippen molar-refractivity contribution in [3.05, 3.63) is 34.9 Å². The van der Waals surface area contributed by atoms with Crippen molar-refractivity contribution in [3.63, 3.8) is 0 Å². The minimum absolute atomic E-state index is 0.0106.